The van der Waals surface area contributed by atoms with Crippen LogP contribution in [0.2, 0.25) is 10.0 Å². The Labute approximate surface area is 161 Å². The number of benzene rings is 1. The largest absolute Gasteiger partial charge is 0.332 e. The Bertz CT molecular complexity index is 1130. The van der Waals surface area contributed by atoms with Crippen molar-refractivity contribution in [2.75, 3.05) is 11.1 Å². The molecule has 1 aromatic carbocycles. The molecule has 26 heavy (non-hydrogen) atoms. The molecule has 2 N–H and O–H groups in total. The normalized spacial score (nSPS) is 11.1. The average Bonchev–Trinajstić information content (AvgIpc) is 3.05. The molecule has 0 saturated carbocycles. The number of carbonyl (C=O) groups excluding carboxylic acids is 1. The summed E-state index contributed by atoms with van der Waals surface area (Å²) in [6, 6.07) is 4.93. The number of fused-ring (bicyclic) bond motifs is 1. The summed E-state index contributed by atoms with van der Waals surface area (Å²) >= 11 is 13.0. The number of imidazole rings is 1. The molecular formula is C15H13Cl2N5O3S. The number of H-pyrrole nitrogens is 1. The van der Waals surface area contributed by atoms with Gasteiger partial charge in [-0.3, -0.25) is 18.7 Å². The Morgan fingerprint density at radius 2 is 2.00 bits per heavy atom. The van der Waals surface area contributed by atoms with Gasteiger partial charge in [-0.2, -0.15) is 0 Å². The van der Waals surface area contributed by atoms with Gasteiger partial charge in [-0.05, 0) is 12.1 Å². The number of thioether (sulfide) groups is 1. The molecular weight excluding hydrogens is 401 g/mol. The number of halogens is 2. The van der Waals surface area contributed by atoms with Gasteiger partial charge in [0, 0.05) is 14.1 Å². The predicted octanol–water partition coefficient (Wildman–Crippen LogP) is 2.00. The van der Waals surface area contributed by atoms with E-state index in [-0.39, 0.29) is 27.8 Å². The zero-order chi connectivity index (χ0) is 19.0. The molecule has 0 fully saturated rings. The van der Waals surface area contributed by atoms with Crippen LogP contribution in [0.3, 0.4) is 0 Å². The van der Waals surface area contributed by atoms with Crippen LogP contribution >= 0.6 is 35.0 Å². The fourth-order valence-electron chi connectivity index (χ4n) is 2.29. The first-order valence-electron chi connectivity index (χ1n) is 7.32. The van der Waals surface area contributed by atoms with Gasteiger partial charge in [0.15, 0.2) is 16.3 Å². The van der Waals surface area contributed by atoms with Crippen molar-refractivity contribution in [2.24, 2.45) is 14.1 Å². The summed E-state index contributed by atoms with van der Waals surface area (Å²) in [4.78, 5) is 43.2. The number of hydrogen-bond donors (Lipinski definition) is 2. The van der Waals surface area contributed by atoms with E-state index in [2.05, 4.69) is 15.3 Å². The Balaban J connectivity index is 1.78. The van der Waals surface area contributed by atoms with E-state index in [1.165, 1.54) is 18.7 Å². The molecule has 3 aromatic rings. The van der Waals surface area contributed by atoms with Crippen LogP contribution in [0.5, 0.6) is 0 Å². The fraction of sp³-hybridized carbons (Fsp3) is 0.200. The number of carbonyl (C=O) groups is 1. The van der Waals surface area contributed by atoms with Crippen molar-refractivity contribution in [2.45, 2.75) is 5.16 Å². The molecule has 0 aliphatic carbocycles. The predicted molar refractivity (Wildman–Crippen MR) is 102 cm³/mol. The van der Waals surface area contributed by atoms with Crippen molar-refractivity contribution in [1.82, 2.24) is 19.1 Å². The van der Waals surface area contributed by atoms with E-state index in [1.54, 1.807) is 18.2 Å². The molecule has 2 heterocycles. The summed E-state index contributed by atoms with van der Waals surface area (Å²) in [5.74, 6) is -0.293. The van der Waals surface area contributed by atoms with Crippen molar-refractivity contribution >= 4 is 57.7 Å². The van der Waals surface area contributed by atoms with Gasteiger partial charge < -0.3 is 10.3 Å². The molecule has 0 aliphatic rings. The third-order valence-corrected chi connectivity index (χ3v) is 5.33. The van der Waals surface area contributed by atoms with E-state index in [0.29, 0.717) is 15.9 Å². The van der Waals surface area contributed by atoms with E-state index >= 15 is 0 Å². The van der Waals surface area contributed by atoms with Crippen LogP contribution in [-0.4, -0.2) is 30.8 Å². The van der Waals surface area contributed by atoms with Crippen molar-refractivity contribution in [3.05, 3.63) is 49.1 Å². The van der Waals surface area contributed by atoms with Crippen molar-refractivity contribution in [3.63, 3.8) is 0 Å². The molecule has 0 aliphatic heterocycles. The van der Waals surface area contributed by atoms with Crippen LogP contribution in [0.25, 0.3) is 11.2 Å². The van der Waals surface area contributed by atoms with Crippen LogP contribution in [0.15, 0.2) is 32.9 Å². The number of aromatic nitrogens is 4. The second kappa shape index (κ2) is 7.18. The molecule has 0 saturated heterocycles. The zero-order valence-corrected chi connectivity index (χ0v) is 16.0. The zero-order valence-electron chi connectivity index (χ0n) is 13.7. The van der Waals surface area contributed by atoms with Crippen molar-refractivity contribution in [1.29, 1.82) is 0 Å². The van der Waals surface area contributed by atoms with Gasteiger partial charge in [-0.25, -0.2) is 9.78 Å². The van der Waals surface area contributed by atoms with Gasteiger partial charge in [0.25, 0.3) is 5.56 Å². The minimum absolute atomic E-state index is 0.0247. The van der Waals surface area contributed by atoms with Gasteiger partial charge in [0.2, 0.25) is 5.91 Å². The van der Waals surface area contributed by atoms with E-state index in [1.807, 2.05) is 0 Å². The first kappa shape index (κ1) is 18.6. The van der Waals surface area contributed by atoms with Gasteiger partial charge in [0.05, 0.1) is 21.5 Å². The van der Waals surface area contributed by atoms with Crippen molar-refractivity contribution in [3.8, 4) is 0 Å². The third kappa shape index (κ3) is 3.37. The molecule has 0 bridgehead atoms. The number of nitrogens with one attached hydrogen (secondary N) is 2. The second-order valence-corrected chi connectivity index (χ2v) is 7.13. The molecule has 3 rings (SSSR count). The summed E-state index contributed by atoms with van der Waals surface area (Å²) in [6.07, 6.45) is 0. The number of amides is 1. The SMILES string of the molecule is Cn1c(=O)c2[nH]c(SCC(=O)Nc3cccc(Cl)c3Cl)nc2n(C)c1=O. The highest BCUT2D eigenvalue weighted by Crippen LogP contribution is 2.29. The van der Waals surface area contributed by atoms with E-state index in [9.17, 15) is 14.4 Å². The maximum Gasteiger partial charge on any atom is 0.332 e. The van der Waals surface area contributed by atoms with Crippen LogP contribution < -0.4 is 16.6 Å². The molecule has 0 radical (unpaired) electrons. The van der Waals surface area contributed by atoms with Gasteiger partial charge in [-0.1, -0.05) is 41.0 Å². The van der Waals surface area contributed by atoms with E-state index in [0.717, 1.165) is 16.3 Å². The van der Waals surface area contributed by atoms with Crippen molar-refractivity contribution < 1.29 is 4.79 Å². The lowest BCUT2D eigenvalue weighted by atomic mass is 10.3. The number of rotatable bonds is 4. The highest BCUT2D eigenvalue weighted by Gasteiger charge is 2.15. The Hall–Kier alpha value is -2.23. The summed E-state index contributed by atoms with van der Waals surface area (Å²) < 4.78 is 2.26. The minimum Gasteiger partial charge on any atom is -0.327 e. The first-order valence-corrected chi connectivity index (χ1v) is 9.06. The van der Waals surface area contributed by atoms with Crippen LogP contribution in [0.1, 0.15) is 0 Å². The number of aromatic amines is 1. The summed E-state index contributed by atoms with van der Waals surface area (Å²) in [5.41, 5.74) is -0.101. The number of nitrogens with zero attached hydrogens (tertiary/aromatic N) is 3. The Morgan fingerprint density at radius 3 is 2.73 bits per heavy atom. The van der Waals surface area contributed by atoms with Crippen LogP contribution in [0.4, 0.5) is 5.69 Å². The highest BCUT2D eigenvalue weighted by atomic mass is 35.5. The van der Waals surface area contributed by atoms with Crippen LogP contribution in [0, 0.1) is 0 Å². The fourth-order valence-corrected chi connectivity index (χ4v) is 3.31. The lowest BCUT2D eigenvalue weighted by molar-refractivity contribution is -0.113. The topological polar surface area (TPSA) is 102 Å². The van der Waals surface area contributed by atoms with E-state index in [4.69, 9.17) is 23.2 Å². The number of hydrogen-bond acceptors (Lipinski definition) is 5. The third-order valence-electron chi connectivity index (χ3n) is 3.64. The smallest absolute Gasteiger partial charge is 0.327 e. The lowest BCUT2D eigenvalue weighted by Crippen LogP contribution is -2.36. The molecule has 2 aromatic heterocycles. The van der Waals surface area contributed by atoms with Gasteiger partial charge in [0.1, 0.15) is 0 Å². The van der Waals surface area contributed by atoms with E-state index < -0.39 is 11.2 Å². The first-order chi connectivity index (χ1) is 12.3. The summed E-state index contributed by atoms with van der Waals surface area (Å²) in [6.45, 7) is 0. The van der Waals surface area contributed by atoms with Gasteiger partial charge in [-0.15, -0.1) is 0 Å². The van der Waals surface area contributed by atoms with Gasteiger partial charge >= 0.3 is 5.69 Å². The molecule has 11 heteroatoms. The molecule has 0 spiro atoms. The Kier molecular flexibility index (Phi) is 5.12. The lowest BCUT2D eigenvalue weighted by Gasteiger charge is -2.07. The quantitative estimate of drug-likeness (QED) is 0.636. The number of aryl methyl sites for hydroxylation is 1. The molecule has 0 atom stereocenters. The minimum atomic E-state index is -0.474. The summed E-state index contributed by atoms with van der Waals surface area (Å²) in [7, 11) is 2.91. The maximum absolute atomic E-state index is 12.1. The monoisotopic (exact) mass is 413 g/mol. The average molecular weight is 414 g/mol. The Morgan fingerprint density at radius 1 is 1.27 bits per heavy atom. The maximum atomic E-state index is 12.1. The molecule has 0 unspecified atom stereocenters. The molecule has 136 valence electrons. The standard InChI is InChI=1S/C15H13Cl2N5O3S/c1-21-12-11(13(24)22(2)15(21)25)19-14(20-12)26-6-9(23)18-8-5-3-4-7(16)10(8)17/h3-5H,6H2,1-2H3,(H,18,23)(H,19,20). The number of anilines is 1. The highest BCUT2D eigenvalue weighted by molar-refractivity contribution is 7.99. The molecule has 1 amide bonds. The molecule has 8 nitrogen and oxygen atoms in total. The summed E-state index contributed by atoms with van der Waals surface area (Å²) in [5, 5.41) is 3.61. The second-order valence-electron chi connectivity index (χ2n) is 5.38. The van der Waals surface area contributed by atoms with Crippen LogP contribution in [-0.2, 0) is 18.9 Å².